The molecule has 128 valence electrons. The van der Waals surface area contributed by atoms with Crippen molar-refractivity contribution in [1.29, 1.82) is 0 Å². The lowest BCUT2D eigenvalue weighted by Crippen LogP contribution is -2.32. The normalized spacial score (nSPS) is 17.9. The van der Waals surface area contributed by atoms with Crippen LogP contribution in [-0.4, -0.2) is 54.5 Å². The second-order valence-corrected chi connectivity index (χ2v) is 6.82. The van der Waals surface area contributed by atoms with Gasteiger partial charge in [-0.2, -0.15) is 0 Å². The molecule has 1 fully saturated rings. The molecule has 1 amide bonds. The van der Waals surface area contributed by atoms with Crippen molar-refractivity contribution in [3.8, 4) is 0 Å². The fraction of sp³-hybridized carbons (Fsp3) is 0.632. The molecule has 1 atom stereocenters. The van der Waals surface area contributed by atoms with Crippen LogP contribution in [-0.2, 0) is 4.79 Å². The van der Waals surface area contributed by atoms with Crippen molar-refractivity contribution in [1.82, 2.24) is 9.80 Å². The maximum Gasteiger partial charge on any atom is 0.222 e. The Hall–Kier alpha value is -1.39. The molecule has 1 aromatic rings. The number of carbonyl (C=O) groups is 1. The molecule has 0 radical (unpaired) electrons. The van der Waals surface area contributed by atoms with Gasteiger partial charge in [-0.3, -0.25) is 4.79 Å². The van der Waals surface area contributed by atoms with Crippen LogP contribution in [0.3, 0.4) is 0 Å². The number of likely N-dealkylation sites (tertiary alicyclic amines) is 1. The van der Waals surface area contributed by atoms with E-state index in [1.807, 2.05) is 37.4 Å². The molecule has 0 unspecified atom stereocenters. The lowest BCUT2D eigenvalue weighted by Gasteiger charge is -2.29. The largest absolute Gasteiger partial charge is 0.388 e. The number of aliphatic hydroxyl groups excluding tert-OH is 1. The zero-order valence-corrected chi connectivity index (χ0v) is 14.4. The zero-order chi connectivity index (χ0) is 16.7. The van der Waals surface area contributed by atoms with E-state index in [0.717, 1.165) is 25.1 Å². The molecule has 2 rings (SSSR count). The number of hydrogen-bond acceptors (Lipinski definition) is 3. The summed E-state index contributed by atoms with van der Waals surface area (Å²) in [7, 11) is 4.00. The molecule has 1 N–H and O–H groups in total. The van der Waals surface area contributed by atoms with Gasteiger partial charge in [0.2, 0.25) is 5.91 Å². The summed E-state index contributed by atoms with van der Waals surface area (Å²) in [5.74, 6) is 0.891. The summed E-state index contributed by atoms with van der Waals surface area (Å²) in [6.07, 6.45) is 4.13. The van der Waals surface area contributed by atoms with Crippen molar-refractivity contribution < 1.29 is 9.90 Å². The van der Waals surface area contributed by atoms with E-state index in [1.165, 1.54) is 12.8 Å². The van der Waals surface area contributed by atoms with E-state index in [4.69, 9.17) is 0 Å². The number of carbonyl (C=O) groups excluding carboxylic acids is 1. The van der Waals surface area contributed by atoms with Crippen LogP contribution in [0.5, 0.6) is 0 Å². The molecule has 23 heavy (non-hydrogen) atoms. The molecule has 0 aromatic heterocycles. The monoisotopic (exact) mass is 318 g/mol. The van der Waals surface area contributed by atoms with Gasteiger partial charge in [-0.25, -0.2) is 0 Å². The zero-order valence-electron chi connectivity index (χ0n) is 14.4. The van der Waals surface area contributed by atoms with E-state index >= 15 is 0 Å². The quantitative estimate of drug-likeness (QED) is 0.840. The first-order valence-corrected chi connectivity index (χ1v) is 8.71. The van der Waals surface area contributed by atoms with Gasteiger partial charge in [0.05, 0.1) is 6.10 Å². The van der Waals surface area contributed by atoms with E-state index in [1.54, 1.807) is 4.90 Å². The van der Waals surface area contributed by atoms with Gasteiger partial charge in [-0.15, -0.1) is 0 Å². The van der Waals surface area contributed by atoms with Crippen molar-refractivity contribution in [2.45, 2.75) is 38.2 Å². The van der Waals surface area contributed by atoms with Crippen LogP contribution in [0.4, 0.5) is 0 Å². The number of rotatable bonds is 7. The Morgan fingerprint density at radius 1 is 1.30 bits per heavy atom. The molecule has 1 saturated heterocycles. The first-order valence-electron chi connectivity index (χ1n) is 8.71. The van der Waals surface area contributed by atoms with Crippen LogP contribution < -0.4 is 0 Å². The fourth-order valence-corrected chi connectivity index (χ4v) is 3.15. The van der Waals surface area contributed by atoms with Crippen molar-refractivity contribution >= 4 is 5.91 Å². The number of aliphatic hydroxyl groups is 1. The Balaban J connectivity index is 1.66. The van der Waals surface area contributed by atoms with Crippen LogP contribution >= 0.6 is 0 Å². The third-order valence-corrected chi connectivity index (χ3v) is 4.95. The van der Waals surface area contributed by atoms with Gasteiger partial charge in [0, 0.05) is 20.0 Å². The van der Waals surface area contributed by atoms with Gasteiger partial charge in [0.25, 0.3) is 0 Å². The molecule has 0 aliphatic carbocycles. The van der Waals surface area contributed by atoms with Crippen molar-refractivity contribution in [2.24, 2.45) is 5.92 Å². The Kier molecular flexibility index (Phi) is 7.06. The highest BCUT2D eigenvalue weighted by Crippen LogP contribution is 2.21. The summed E-state index contributed by atoms with van der Waals surface area (Å²) in [4.78, 5) is 16.4. The molecule has 1 aromatic carbocycles. The predicted molar refractivity (Wildman–Crippen MR) is 93.1 cm³/mol. The molecule has 4 nitrogen and oxygen atoms in total. The van der Waals surface area contributed by atoms with Crippen LogP contribution in [0.15, 0.2) is 30.3 Å². The topological polar surface area (TPSA) is 43.8 Å². The first-order chi connectivity index (χ1) is 11.1. The third kappa shape index (κ3) is 5.96. The minimum atomic E-state index is -0.500. The molecule has 0 spiro atoms. The van der Waals surface area contributed by atoms with Gasteiger partial charge in [-0.1, -0.05) is 30.3 Å². The molecule has 1 aliphatic heterocycles. The second-order valence-electron chi connectivity index (χ2n) is 6.82. The van der Waals surface area contributed by atoms with E-state index in [-0.39, 0.29) is 5.91 Å². The molecular weight excluding hydrogens is 288 g/mol. The Bertz CT molecular complexity index is 470. The van der Waals surface area contributed by atoms with Crippen LogP contribution in [0, 0.1) is 5.92 Å². The van der Waals surface area contributed by atoms with E-state index in [2.05, 4.69) is 11.9 Å². The number of piperidine rings is 1. The molecule has 0 saturated carbocycles. The Morgan fingerprint density at radius 3 is 2.61 bits per heavy atom. The summed E-state index contributed by atoms with van der Waals surface area (Å²) < 4.78 is 0. The van der Waals surface area contributed by atoms with Crippen LogP contribution in [0.25, 0.3) is 0 Å². The molecule has 1 aliphatic rings. The Labute approximate surface area is 140 Å². The average Bonchev–Trinajstić information content (AvgIpc) is 2.59. The second kappa shape index (κ2) is 9.04. The molecule has 0 bridgehead atoms. The first kappa shape index (κ1) is 18.0. The third-order valence-electron chi connectivity index (χ3n) is 4.95. The number of nitrogens with zero attached hydrogens (tertiary/aromatic N) is 2. The minimum Gasteiger partial charge on any atom is -0.388 e. The maximum atomic E-state index is 12.2. The highest BCUT2D eigenvalue weighted by Gasteiger charge is 2.19. The van der Waals surface area contributed by atoms with E-state index in [0.29, 0.717) is 25.3 Å². The van der Waals surface area contributed by atoms with E-state index < -0.39 is 6.10 Å². The average molecular weight is 318 g/mol. The lowest BCUT2D eigenvalue weighted by molar-refractivity contribution is -0.130. The number of amides is 1. The van der Waals surface area contributed by atoms with Gasteiger partial charge < -0.3 is 14.9 Å². The molecule has 4 heteroatoms. The summed E-state index contributed by atoms with van der Waals surface area (Å²) in [6.45, 7) is 2.90. The summed E-state index contributed by atoms with van der Waals surface area (Å²) in [5, 5.41) is 10.2. The summed E-state index contributed by atoms with van der Waals surface area (Å²) in [6, 6.07) is 9.64. The highest BCUT2D eigenvalue weighted by atomic mass is 16.3. The predicted octanol–water partition coefficient (Wildman–Crippen LogP) is 2.69. The molecular formula is C19H30N2O2. The standard InChI is InChI=1S/C19H30N2O2/c1-20-13-10-16(11-14-20)8-9-19(23)21(2)15-12-18(22)17-6-4-3-5-7-17/h3-7,16,18,22H,8-15H2,1-2H3/t18-/m0/s1. The van der Waals surface area contributed by atoms with Gasteiger partial charge in [0.1, 0.15) is 0 Å². The number of benzene rings is 1. The minimum absolute atomic E-state index is 0.198. The van der Waals surface area contributed by atoms with Crippen molar-refractivity contribution in [2.75, 3.05) is 33.7 Å². The van der Waals surface area contributed by atoms with Crippen molar-refractivity contribution in [3.63, 3.8) is 0 Å². The highest BCUT2D eigenvalue weighted by molar-refractivity contribution is 5.75. The smallest absolute Gasteiger partial charge is 0.222 e. The maximum absolute atomic E-state index is 12.2. The van der Waals surface area contributed by atoms with Gasteiger partial charge >= 0.3 is 0 Å². The fourth-order valence-electron chi connectivity index (χ4n) is 3.15. The van der Waals surface area contributed by atoms with Crippen molar-refractivity contribution in [3.05, 3.63) is 35.9 Å². The SMILES string of the molecule is CN1CCC(CCC(=O)N(C)CC[C@H](O)c2ccccc2)CC1. The summed E-state index contributed by atoms with van der Waals surface area (Å²) in [5.41, 5.74) is 0.916. The Morgan fingerprint density at radius 2 is 1.96 bits per heavy atom. The molecule has 1 heterocycles. The van der Waals surface area contributed by atoms with Crippen LogP contribution in [0.1, 0.15) is 43.8 Å². The number of hydrogen-bond donors (Lipinski definition) is 1. The van der Waals surface area contributed by atoms with Gasteiger partial charge in [-0.05, 0) is 57.3 Å². The van der Waals surface area contributed by atoms with Gasteiger partial charge in [0.15, 0.2) is 0 Å². The summed E-state index contributed by atoms with van der Waals surface area (Å²) >= 11 is 0. The van der Waals surface area contributed by atoms with Crippen LogP contribution in [0.2, 0.25) is 0 Å². The lowest BCUT2D eigenvalue weighted by atomic mass is 9.92. The van der Waals surface area contributed by atoms with E-state index in [9.17, 15) is 9.90 Å².